The van der Waals surface area contributed by atoms with Crippen LogP contribution in [0.25, 0.3) is 0 Å². The summed E-state index contributed by atoms with van der Waals surface area (Å²) in [6.45, 7) is 2.23. The molecule has 1 saturated carbocycles. The summed E-state index contributed by atoms with van der Waals surface area (Å²) in [5.41, 5.74) is 1.38. The second-order valence-corrected chi connectivity index (χ2v) is 4.06. The number of allylic oxidation sites excluding steroid dienone is 4. The topological polar surface area (TPSA) is 17.1 Å². The Hall–Kier alpha value is -0.850. The van der Waals surface area contributed by atoms with Crippen LogP contribution >= 0.6 is 0 Å². The van der Waals surface area contributed by atoms with Crippen molar-refractivity contribution < 1.29 is 4.79 Å². The Morgan fingerprint density at radius 3 is 3.15 bits per heavy atom. The molecular weight excluding hydrogens is 160 g/mol. The van der Waals surface area contributed by atoms with Crippen LogP contribution in [0.2, 0.25) is 0 Å². The van der Waals surface area contributed by atoms with Gasteiger partial charge in [0.05, 0.1) is 0 Å². The SMILES string of the molecule is CCC1C=CC=C2CC(=O)CCC21. The highest BCUT2D eigenvalue weighted by Gasteiger charge is 2.29. The minimum atomic E-state index is 0.424. The number of carbonyl (C=O) groups excluding carboxylic acids is 1. The predicted octanol–water partition coefficient (Wildman–Crippen LogP) is 2.88. The molecule has 1 fully saturated rings. The van der Waals surface area contributed by atoms with Gasteiger partial charge in [0.1, 0.15) is 5.78 Å². The fourth-order valence-electron chi connectivity index (χ4n) is 2.50. The van der Waals surface area contributed by atoms with Crippen LogP contribution in [-0.2, 0) is 4.79 Å². The summed E-state index contributed by atoms with van der Waals surface area (Å²) in [6, 6.07) is 0. The van der Waals surface area contributed by atoms with Crippen LogP contribution in [0, 0.1) is 11.8 Å². The number of hydrogen-bond acceptors (Lipinski definition) is 1. The van der Waals surface area contributed by atoms with Crippen molar-refractivity contribution in [1.29, 1.82) is 0 Å². The molecule has 2 rings (SSSR count). The zero-order valence-corrected chi connectivity index (χ0v) is 8.12. The molecule has 0 aromatic rings. The molecule has 0 bridgehead atoms. The van der Waals surface area contributed by atoms with E-state index in [1.54, 1.807) is 0 Å². The second kappa shape index (κ2) is 3.49. The molecule has 0 aliphatic heterocycles. The number of hydrogen-bond donors (Lipinski definition) is 0. The normalized spacial score (nSPS) is 32.7. The maximum atomic E-state index is 11.2. The van der Waals surface area contributed by atoms with E-state index in [0.717, 1.165) is 12.8 Å². The first kappa shape index (κ1) is 8.74. The Kier molecular flexibility index (Phi) is 2.34. The van der Waals surface area contributed by atoms with Crippen molar-refractivity contribution in [3.8, 4) is 0 Å². The van der Waals surface area contributed by atoms with Gasteiger partial charge in [-0.3, -0.25) is 4.79 Å². The van der Waals surface area contributed by atoms with E-state index in [4.69, 9.17) is 0 Å². The minimum Gasteiger partial charge on any atom is -0.299 e. The highest BCUT2D eigenvalue weighted by molar-refractivity contribution is 5.82. The van der Waals surface area contributed by atoms with E-state index in [-0.39, 0.29) is 0 Å². The molecule has 0 heterocycles. The average molecular weight is 176 g/mol. The lowest BCUT2D eigenvalue weighted by Gasteiger charge is -2.32. The standard InChI is InChI=1S/C12H16O/c1-2-9-4-3-5-10-8-11(13)6-7-12(9)10/h3-5,9,12H,2,6-8H2,1H3. The lowest BCUT2D eigenvalue weighted by molar-refractivity contribution is -0.119. The van der Waals surface area contributed by atoms with Crippen LogP contribution in [0.3, 0.4) is 0 Å². The van der Waals surface area contributed by atoms with E-state index < -0.39 is 0 Å². The lowest BCUT2D eigenvalue weighted by atomic mass is 9.72. The van der Waals surface area contributed by atoms with Gasteiger partial charge in [-0.1, -0.05) is 30.7 Å². The largest absolute Gasteiger partial charge is 0.299 e. The number of rotatable bonds is 1. The third kappa shape index (κ3) is 1.60. The molecule has 0 saturated heterocycles. The molecule has 0 radical (unpaired) electrons. The molecule has 2 atom stereocenters. The average Bonchev–Trinajstić information content (AvgIpc) is 2.16. The number of ketones is 1. The molecule has 1 heteroatoms. The summed E-state index contributed by atoms with van der Waals surface area (Å²) in [6.07, 6.45) is 10.4. The molecule has 0 aromatic carbocycles. The van der Waals surface area contributed by atoms with Crippen molar-refractivity contribution in [3.05, 3.63) is 23.8 Å². The fraction of sp³-hybridized carbons (Fsp3) is 0.583. The zero-order valence-electron chi connectivity index (χ0n) is 8.12. The van der Waals surface area contributed by atoms with Crippen molar-refractivity contribution in [3.63, 3.8) is 0 Å². The molecule has 13 heavy (non-hydrogen) atoms. The first-order valence-electron chi connectivity index (χ1n) is 5.20. The molecule has 0 aromatic heterocycles. The summed E-state index contributed by atoms with van der Waals surface area (Å²) in [7, 11) is 0. The van der Waals surface area contributed by atoms with E-state index in [2.05, 4.69) is 25.2 Å². The molecule has 0 N–H and O–H groups in total. The maximum Gasteiger partial charge on any atom is 0.136 e. The van der Waals surface area contributed by atoms with Gasteiger partial charge in [-0.15, -0.1) is 0 Å². The van der Waals surface area contributed by atoms with Crippen molar-refractivity contribution in [2.75, 3.05) is 0 Å². The Balaban J connectivity index is 2.18. The van der Waals surface area contributed by atoms with Gasteiger partial charge < -0.3 is 0 Å². The lowest BCUT2D eigenvalue weighted by Crippen LogP contribution is -2.24. The molecule has 2 unspecified atom stereocenters. The van der Waals surface area contributed by atoms with Gasteiger partial charge in [-0.05, 0) is 24.7 Å². The highest BCUT2D eigenvalue weighted by Crippen LogP contribution is 2.37. The second-order valence-electron chi connectivity index (χ2n) is 4.06. The van der Waals surface area contributed by atoms with Gasteiger partial charge in [0.2, 0.25) is 0 Å². The number of carbonyl (C=O) groups is 1. The molecule has 2 aliphatic rings. The van der Waals surface area contributed by atoms with E-state index in [9.17, 15) is 4.79 Å². The molecule has 70 valence electrons. The first-order valence-corrected chi connectivity index (χ1v) is 5.20. The Morgan fingerprint density at radius 1 is 1.54 bits per heavy atom. The van der Waals surface area contributed by atoms with Gasteiger partial charge in [-0.2, -0.15) is 0 Å². The van der Waals surface area contributed by atoms with Crippen molar-refractivity contribution in [2.45, 2.75) is 32.6 Å². The first-order chi connectivity index (χ1) is 6.31. The third-order valence-corrected chi connectivity index (χ3v) is 3.27. The molecular formula is C12H16O. The minimum absolute atomic E-state index is 0.424. The van der Waals surface area contributed by atoms with Crippen LogP contribution in [0.4, 0.5) is 0 Å². The van der Waals surface area contributed by atoms with Crippen LogP contribution in [0.15, 0.2) is 23.8 Å². The summed E-state index contributed by atoms with van der Waals surface area (Å²) in [5.74, 6) is 1.79. The van der Waals surface area contributed by atoms with Crippen molar-refractivity contribution in [1.82, 2.24) is 0 Å². The van der Waals surface area contributed by atoms with Gasteiger partial charge in [0.15, 0.2) is 0 Å². The number of Topliss-reactive ketones (excluding diaryl/α,β-unsaturated/α-hetero) is 1. The smallest absolute Gasteiger partial charge is 0.136 e. The van der Waals surface area contributed by atoms with Crippen LogP contribution < -0.4 is 0 Å². The van der Waals surface area contributed by atoms with E-state index >= 15 is 0 Å². The third-order valence-electron chi connectivity index (χ3n) is 3.27. The molecule has 1 nitrogen and oxygen atoms in total. The van der Waals surface area contributed by atoms with Crippen LogP contribution in [0.5, 0.6) is 0 Å². The maximum absolute atomic E-state index is 11.2. The van der Waals surface area contributed by atoms with Gasteiger partial charge >= 0.3 is 0 Å². The molecule has 0 amide bonds. The van der Waals surface area contributed by atoms with E-state index in [1.165, 1.54) is 12.0 Å². The summed E-state index contributed by atoms with van der Waals surface area (Å²) in [5, 5.41) is 0. The summed E-state index contributed by atoms with van der Waals surface area (Å²) < 4.78 is 0. The summed E-state index contributed by atoms with van der Waals surface area (Å²) in [4.78, 5) is 11.2. The van der Waals surface area contributed by atoms with Crippen LogP contribution in [0.1, 0.15) is 32.6 Å². The van der Waals surface area contributed by atoms with Crippen molar-refractivity contribution >= 4 is 5.78 Å². The predicted molar refractivity (Wildman–Crippen MR) is 53.4 cm³/mol. The molecule has 0 spiro atoms. The van der Waals surface area contributed by atoms with Crippen LogP contribution in [-0.4, -0.2) is 5.78 Å². The zero-order chi connectivity index (χ0) is 9.26. The van der Waals surface area contributed by atoms with Gasteiger partial charge in [-0.25, -0.2) is 0 Å². The Labute approximate surface area is 79.5 Å². The van der Waals surface area contributed by atoms with Gasteiger partial charge in [0.25, 0.3) is 0 Å². The molecule has 2 aliphatic carbocycles. The summed E-state index contributed by atoms with van der Waals surface area (Å²) >= 11 is 0. The highest BCUT2D eigenvalue weighted by atomic mass is 16.1. The van der Waals surface area contributed by atoms with E-state index in [1.807, 2.05) is 0 Å². The Bertz CT molecular complexity index is 273. The monoisotopic (exact) mass is 176 g/mol. The Morgan fingerprint density at radius 2 is 2.38 bits per heavy atom. The quantitative estimate of drug-likeness (QED) is 0.600. The fourth-order valence-corrected chi connectivity index (χ4v) is 2.50. The van der Waals surface area contributed by atoms with Crippen molar-refractivity contribution in [2.24, 2.45) is 11.8 Å². The van der Waals surface area contributed by atoms with Gasteiger partial charge in [0, 0.05) is 12.8 Å². The number of fused-ring (bicyclic) bond motifs is 1. The van der Waals surface area contributed by atoms with E-state index in [0.29, 0.717) is 24.0 Å².